The van der Waals surface area contributed by atoms with Crippen molar-refractivity contribution in [3.63, 3.8) is 0 Å². The van der Waals surface area contributed by atoms with Gasteiger partial charge < -0.3 is 15.4 Å². The summed E-state index contributed by atoms with van der Waals surface area (Å²) < 4.78 is 5.87. The molecule has 1 saturated heterocycles. The van der Waals surface area contributed by atoms with Crippen molar-refractivity contribution in [3.8, 4) is 5.88 Å². The second kappa shape index (κ2) is 5.36. The molecule has 0 amide bonds. The fourth-order valence-corrected chi connectivity index (χ4v) is 2.36. The zero-order valence-electron chi connectivity index (χ0n) is 10.6. The van der Waals surface area contributed by atoms with Crippen LogP contribution in [0.3, 0.4) is 0 Å². The second-order valence-electron chi connectivity index (χ2n) is 4.89. The summed E-state index contributed by atoms with van der Waals surface area (Å²) in [7, 11) is 2.16. The summed E-state index contributed by atoms with van der Waals surface area (Å²) in [5.74, 6) is 1.13. The Morgan fingerprint density at radius 1 is 1.59 bits per heavy atom. The number of anilines is 1. The minimum Gasteiger partial charge on any atom is -0.473 e. The summed E-state index contributed by atoms with van der Waals surface area (Å²) in [6.45, 7) is 4.39. The van der Waals surface area contributed by atoms with Gasteiger partial charge in [0.25, 0.3) is 0 Å². The number of hydrogen-bond donors (Lipinski definition) is 1. The van der Waals surface area contributed by atoms with Crippen LogP contribution in [-0.4, -0.2) is 36.1 Å². The smallest absolute Gasteiger partial charge is 0.237 e. The first-order valence-electron chi connectivity index (χ1n) is 6.22. The molecule has 2 unspecified atom stereocenters. The first kappa shape index (κ1) is 12.2. The van der Waals surface area contributed by atoms with E-state index < -0.39 is 0 Å². The molecule has 1 fully saturated rings. The highest BCUT2D eigenvalue weighted by atomic mass is 16.5. The van der Waals surface area contributed by atoms with Crippen LogP contribution in [-0.2, 0) is 0 Å². The maximum Gasteiger partial charge on any atom is 0.237 e. The predicted molar refractivity (Wildman–Crippen MR) is 69.0 cm³/mol. The van der Waals surface area contributed by atoms with Gasteiger partial charge in [0.05, 0.1) is 5.69 Å². The first-order chi connectivity index (χ1) is 8.16. The molecule has 1 aliphatic rings. The number of hydrogen-bond acceptors (Lipinski definition) is 4. The number of nitrogens with zero attached hydrogens (tertiary/aromatic N) is 2. The molecule has 4 heteroatoms. The molecule has 94 valence electrons. The lowest BCUT2D eigenvalue weighted by Crippen LogP contribution is -2.39. The summed E-state index contributed by atoms with van der Waals surface area (Å²) in [6, 6.07) is 3.64. The number of rotatable bonds is 3. The third kappa shape index (κ3) is 3.09. The van der Waals surface area contributed by atoms with Crippen molar-refractivity contribution in [2.45, 2.75) is 25.9 Å². The van der Waals surface area contributed by atoms with Gasteiger partial charge in [0, 0.05) is 18.7 Å². The molecule has 0 aromatic carbocycles. The number of aromatic nitrogens is 1. The van der Waals surface area contributed by atoms with Crippen LogP contribution in [0.2, 0.25) is 0 Å². The highest BCUT2D eigenvalue weighted by molar-refractivity contribution is 5.46. The summed E-state index contributed by atoms with van der Waals surface area (Å²) in [6.07, 6.45) is 4.34. The minimum absolute atomic E-state index is 0.162. The highest BCUT2D eigenvalue weighted by Gasteiger charge is 2.24. The van der Waals surface area contributed by atoms with Crippen molar-refractivity contribution in [1.82, 2.24) is 9.88 Å². The van der Waals surface area contributed by atoms with Crippen LogP contribution in [0.15, 0.2) is 18.3 Å². The summed E-state index contributed by atoms with van der Waals surface area (Å²) >= 11 is 0. The van der Waals surface area contributed by atoms with E-state index in [0.29, 0.717) is 17.5 Å². The van der Waals surface area contributed by atoms with E-state index in [1.54, 1.807) is 6.20 Å². The van der Waals surface area contributed by atoms with Crippen molar-refractivity contribution >= 4 is 5.69 Å². The van der Waals surface area contributed by atoms with Crippen LogP contribution < -0.4 is 10.5 Å². The Hall–Kier alpha value is -1.29. The minimum atomic E-state index is 0.162. The van der Waals surface area contributed by atoms with Gasteiger partial charge in [-0.2, -0.15) is 0 Å². The molecular formula is C13H21N3O. The normalized spacial score (nSPS) is 23.3. The van der Waals surface area contributed by atoms with Crippen LogP contribution in [0.25, 0.3) is 0 Å². The van der Waals surface area contributed by atoms with Gasteiger partial charge in [0.1, 0.15) is 6.10 Å². The predicted octanol–water partition coefficient (Wildman–Crippen LogP) is 1.77. The van der Waals surface area contributed by atoms with Crippen LogP contribution in [0.4, 0.5) is 5.69 Å². The Kier molecular flexibility index (Phi) is 3.84. The van der Waals surface area contributed by atoms with Gasteiger partial charge in [0.15, 0.2) is 0 Å². The van der Waals surface area contributed by atoms with Gasteiger partial charge in [0.2, 0.25) is 5.88 Å². The van der Waals surface area contributed by atoms with Gasteiger partial charge in [-0.1, -0.05) is 0 Å². The Morgan fingerprint density at radius 2 is 2.41 bits per heavy atom. The molecule has 1 aromatic heterocycles. The van der Waals surface area contributed by atoms with Gasteiger partial charge in [-0.3, -0.25) is 0 Å². The van der Waals surface area contributed by atoms with Crippen molar-refractivity contribution in [1.29, 1.82) is 0 Å². The Balaban J connectivity index is 1.96. The van der Waals surface area contributed by atoms with E-state index in [1.807, 2.05) is 12.1 Å². The van der Waals surface area contributed by atoms with Crippen molar-refractivity contribution in [3.05, 3.63) is 18.3 Å². The number of ether oxygens (including phenoxy) is 1. The molecule has 17 heavy (non-hydrogen) atoms. The Morgan fingerprint density at radius 3 is 3.12 bits per heavy atom. The van der Waals surface area contributed by atoms with Gasteiger partial charge in [-0.25, -0.2) is 4.98 Å². The van der Waals surface area contributed by atoms with E-state index in [2.05, 4.69) is 23.9 Å². The third-order valence-corrected chi connectivity index (χ3v) is 3.42. The molecule has 0 spiro atoms. The van der Waals surface area contributed by atoms with Crippen LogP contribution in [0.5, 0.6) is 5.88 Å². The molecule has 2 atom stereocenters. The van der Waals surface area contributed by atoms with E-state index in [9.17, 15) is 0 Å². The molecule has 0 bridgehead atoms. The molecular weight excluding hydrogens is 214 g/mol. The number of piperidine rings is 1. The summed E-state index contributed by atoms with van der Waals surface area (Å²) in [5, 5.41) is 0. The molecule has 2 N–H and O–H groups in total. The van der Waals surface area contributed by atoms with Crippen LogP contribution in [0, 0.1) is 5.92 Å². The number of pyridine rings is 1. The molecule has 4 nitrogen and oxygen atoms in total. The van der Waals surface area contributed by atoms with Crippen molar-refractivity contribution < 1.29 is 4.74 Å². The van der Waals surface area contributed by atoms with Crippen LogP contribution >= 0.6 is 0 Å². The molecule has 0 radical (unpaired) electrons. The number of likely N-dealkylation sites (tertiary alicyclic amines) is 1. The molecule has 2 heterocycles. The maximum atomic E-state index is 5.87. The molecule has 1 aromatic rings. The third-order valence-electron chi connectivity index (χ3n) is 3.42. The lowest BCUT2D eigenvalue weighted by atomic mass is 9.94. The van der Waals surface area contributed by atoms with E-state index >= 15 is 0 Å². The zero-order valence-corrected chi connectivity index (χ0v) is 10.6. The van der Waals surface area contributed by atoms with Crippen LogP contribution in [0.1, 0.15) is 19.8 Å². The SMILES string of the molecule is CC(Oc1ncccc1N)C1CCCN(C)C1. The second-order valence-corrected chi connectivity index (χ2v) is 4.89. The van der Waals surface area contributed by atoms with E-state index in [1.165, 1.54) is 19.4 Å². The fraction of sp³-hybridized carbons (Fsp3) is 0.615. The molecule has 2 rings (SSSR count). The molecule has 0 aliphatic carbocycles. The number of nitrogen functional groups attached to an aromatic ring is 1. The van der Waals surface area contributed by atoms with Crippen molar-refractivity contribution in [2.24, 2.45) is 5.92 Å². The fourth-order valence-electron chi connectivity index (χ4n) is 2.36. The maximum absolute atomic E-state index is 5.87. The Labute approximate surface area is 103 Å². The van der Waals surface area contributed by atoms with Crippen molar-refractivity contribution in [2.75, 3.05) is 25.9 Å². The number of nitrogens with two attached hydrogens (primary N) is 1. The van der Waals surface area contributed by atoms with E-state index in [4.69, 9.17) is 10.5 Å². The lowest BCUT2D eigenvalue weighted by Gasteiger charge is -2.33. The average Bonchev–Trinajstić information content (AvgIpc) is 2.32. The van der Waals surface area contributed by atoms with Gasteiger partial charge in [-0.05, 0) is 45.5 Å². The highest BCUT2D eigenvalue weighted by Crippen LogP contribution is 2.24. The van der Waals surface area contributed by atoms with E-state index in [0.717, 1.165) is 6.54 Å². The first-order valence-corrected chi connectivity index (χ1v) is 6.22. The quantitative estimate of drug-likeness (QED) is 0.867. The Bertz CT molecular complexity index is 369. The molecule has 1 aliphatic heterocycles. The van der Waals surface area contributed by atoms with Gasteiger partial charge in [-0.15, -0.1) is 0 Å². The summed E-state index contributed by atoms with van der Waals surface area (Å²) in [5.41, 5.74) is 6.44. The zero-order chi connectivity index (χ0) is 12.3. The standard InChI is InChI=1S/C13H21N3O/c1-10(11-5-4-8-16(2)9-11)17-13-12(14)6-3-7-15-13/h3,6-7,10-11H,4-5,8-9,14H2,1-2H3. The average molecular weight is 235 g/mol. The van der Waals surface area contributed by atoms with Gasteiger partial charge >= 0.3 is 0 Å². The largest absolute Gasteiger partial charge is 0.473 e. The molecule has 0 saturated carbocycles. The monoisotopic (exact) mass is 235 g/mol. The topological polar surface area (TPSA) is 51.4 Å². The lowest BCUT2D eigenvalue weighted by molar-refractivity contribution is 0.0873. The summed E-state index contributed by atoms with van der Waals surface area (Å²) in [4.78, 5) is 6.53. The van der Waals surface area contributed by atoms with E-state index in [-0.39, 0.29) is 6.10 Å².